The van der Waals surface area contributed by atoms with Crippen LogP contribution in [0.15, 0.2) is 34.2 Å². The average molecular weight is 353 g/mol. The van der Waals surface area contributed by atoms with Crippen LogP contribution in [0.4, 0.5) is 0 Å². The summed E-state index contributed by atoms with van der Waals surface area (Å²) in [5, 5.41) is 11.8. The number of nitrogens with zero attached hydrogens (tertiary/aromatic N) is 1. The van der Waals surface area contributed by atoms with Crippen molar-refractivity contribution in [1.29, 1.82) is 0 Å². The molecule has 6 nitrogen and oxygen atoms in total. The molecule has 0 saturated heterocycles. The van der Waals surface area contributed by atoms with E-state index in [0.717, 1.165) is 24.6 Å². The summed E-state index contributed by atoms with van der Waals surface area (Å²) in [5.41, 5.74) is 1.22. The number of guanidine groups is 1. The molecule has 2 rings (SSSR count). The fourth-order valence-corrected chi connectivity index (χ4v) is 3.52. The topological polar surface area (TPSA) is 96.6 Å². The molecule has 0 heterocycles. The number of sulfonamides is 1. The number of aliphatic imine (C=N–C) groups is 1. The highest BCUT2D eigenvalue weighted by Gasteiger charge is 2.34. The second-order valence-corrected chi connectivity index (χ2v) is 8.01. The van der Waals surface area contributed by atoms with Crippen LogP contribution in [-0.4, -0.2) is 27.5 Å². The van der Waals surface area contributed by atoms with Crippen molar-refractivity contribution in [3.8, 4) is 0 Å². The Morgan fingerprint density at radius 2 is 2.04 bits per heavy atom. The Balaban J connectivity index is 2.02. The third-order valence-electron chi connectivity index (χ3n) is 4.79. The molecule has 0 atom stereocenters. The van der Waals surface area contributed by atoms with Gasteiger partial charge in [0.05, 0.1) is 11.4 Å². The molecule has 0 aliphatic heterocycles. The van der Waals surface area contributed by atoms with Crippen LogP contribution in [0.5, 0.6) is 0 Å². The Morgan fingerprint density at radius 3 is 2.58 bits per heavy atom. The van der Waals surface area contributed by atoms with Gasteiger partial charge in [0.1, 0.15) is 0 Å². The third kappa shape index (κ3) is 4.95. The van der Waals surface area contributed by atoms with Crippen LogP contribution in [0.1, 0.15) is 45.1 Å². The molecule has 0 radical (unpaired) electrons. The van der Waals surface area contributed by atoms with Gasteiger partial charge in [0.25, 0.3) is 0 Å². The van der Waals surface area contributed by atoms with Crippen LogP contribution in [0.2, 0.25) is 0 Å². The molecule has 1 aromatic carbocycles. The van der Waals surface area contributed by atoms with Crippen molar-refractivity contribution in [3.63, 3.8) is 0 Å². The number of rotatable bonds is 7. The highest BCUT2D eigenvalue weighted by Crippen LogP contribution is 2.42. The number of primary sulfonamides is 1. The summed E-state index contributed by atoms with van der Waals surface area (Å²) < 4.78 is 22.9. The second-order valence-electron chi connectivity index (χ2n) is 6.45. The van der Waals surface area contributed by atoms with Gasteiger partial charge in [-0.1, -0.05) is 25.5 Å². The summed E-state index contributed by atoms with van der Waals surface area (Å²) in [7, 11) is -3.68. The van der Waals surface area contributed by atoms with Crippen LogP contribution >= 0.6 is 0 Å². The van der Waals surface area contributed by atoms with E-state index in [1.165, 1.54) is 31.7 Å². The molecule has 24 heavy (non-hydrogen) atoms. The van der Waals surface area contributed by atoms with Crippen molar-refractivity contribution in [2.75, 3.05) is 13.1 Å². The lowest BCUT2D eigenvalue weighted by Crippen LogP contribution is -2.46. The highest BCUT2D eigenvalue weighted by molar-refractivity contribution is 7.89. The van der Waals surface area contributed by atoms with Crippen molar-refractivity contribution < 1.29 is 8.42 Å². The first-order valence-electron chi connectivity index (χ1n) is 8.52. The molecule has 0 amide bonds. The zero-order chi connectivity index (χ0) is 17.6. The second kappa shape index (κ2) is 7.98. The molecule has 1 aliphatic rings. The van der Waals surface area contributed by atoms with Gasteiger partial charge in [0, 0.05) is 13.1 Å². The van der Waals surface area contributed by atoms with E-state index in [-0.39, 0.29) is 4.90 Å². The molecule has 0 spiro atoms. The van der Waals surface area contributed by atoms with Gasteiger partial charge in [-0.2, -0.15) is 0 Å². The summed E-state index contributed by atoms with van der Waals surface area (Å²) >= 11 is 0. The Bertz CT molecular complexity index is 676. The first kappa shape index (κ1) is 18.7. The minimum Gasteiger partial charge on any atom is -0.357 e. The first-order chi connectivity index (χ1) is 11.4. The molecule has 1 aliphatic carbocycles. The van der Waals surface area contributed by atoms with E-state index in [1.807, 2.05) is 13.0 Å². The van der Waals surface area contributed by atoms with Gasteiger partial charge in [0.2, 0.25) is 10.0 Å². The van der Waals surface area contributed by atoms with Crippen LogP contribution < -0.4 is 15.8 Å². The zero-order valence-electron chi connectivity index (χ0n) is 14.5. The Kier molecular flexibility index (Phi) is 6.23. The maximum Gasteiger partial charge on any atom is 0.238 e. The highest BCUT2D eigenvalue weighted by atomic mass is 32.2. The van der Waals surface area contributed by atoms with Crippen molar-refractivity contribution in [3.05, 3.63) is 29.8 Å². The van der Waals surface area contributed by atoms with Gasteiger partial charge in [-0.15, -0.1) is 0 Å². The maximum absolute atomic E-state index is 11.4. The predicted octanol–water partition coefficient (Wildman–Crippen LogP) is 1.97. The number of benzene rings is 1. The minimum absolute atomic E-state index is 0.118. The van der Waals surface area contributed by atoms with Gasteiger partial charge >= 0.3 is 0 Å². The zero-order valence-corrected chi connectivity index (χ0v) is 15.3. The number of hydrogen-bond acceptors (Lipinski definition) is 3. The summed E-state index contributed by atoms with van der Waals surface area (Å²) in [6.07, 6.45) is 5.03. The van der Waals surface area contributed by atoms with Crippen molar-refractivity contribution >= 4 is 16.0 Å². The van der Waals surface area contributed by atoms with E-state index in [0.29, 0.717) is 12.0 Å². The summed E-state index contributed by atoms with van der Waals surface area (Å²) in [4.78, 5) is 4.68. The van der Waals surface area contributed by atoms with Gasteiger partial charge in [-0.3, -0.25) is 0 Å². The molecule has 0 bridgehead atoms. The van der Waals surface area contributed by atoms with Crippen LogP contribution in [0.3, 0.4) is 0 Å². The van der Waals surface area contributed by atoms with E-state index in [4.69, 9.17) is 5.14 Å². The normalized spacial score (nSPS) is 17.2. The molecule has 134 valence electrons. The molecule has 1 fully saturated rings. The largest absolute Gasteiger partial charge is 0.357 e. The number of nitrogens with two attached hydrogens (primary N) is 1. The fraction of sp³-hybridized carbons (Fsp3) is 0.588. The number of nitrogens with one attached hydrogen (secondary N) is 2. The lowest BCUT2D eigenvalue weighted by molar-refractivity contribution is 0.131. The molecule has 4 N–H and O–H groups in total. The maximum atomic E-state index is 11.4. The Hall–Kier alpha value is -1.60. The lowest BCUT2D eigenvalue weighted by Gasteiger charge is -2.41. The predicted molar refractivity (Wildman–Crippen MR) is 97.2 cm³/mol. The van der Waals surface area contributed by atoms with Crippen LogP contribution in [0, 0.1) is 5.41 Å². The minimum atomic E-state index is -3.68. The van der Waals surface area contributed by atoms with Gasteiger partial charge in [0.15, 0.2) is 5.96 Å². The van der Waals surface area contributed by atoms with Crippen LogP contribution in [-0.2, 0) is 16.6 Å². The average Bonchev–Trinajstić information content (AvgIpc) is 2.51. The molecule has 1 aromatic rings. The van der Waals surface area contributed by atoms with E-state index >= 15 is 0 Å². The van der Waals surface area contributed by atoms with Gasteiger partial charge in [-0.05, 0) is 49.3 Å². The van der Waals surface area contributed by atoms with E-state index < -0.39 is 10.0 Å². The third-order valence-corrected chi connectivity index (χ3v) is 5.70. The van der Waals surface area contributed by atoms with E-state index in [1.54, 1.807) is 12.1 Å². The summed E-state index contributed by atoms with van der Waals surface area (Å²) in [5.74, 6) is 0.762. The monoisotopic (exact) mass is 352 g/mol. The Morgan fingerprint density at radius 1 is 1.29 bits per heavy atom. The quantitative estimate of drug-likeness (QED) is 0.516. The lowest BCUT2D eigenvalue weighted by atomic mass is 9.67. The molecular formula is C17H28N4O2S. The van der Waals surface area contributed by atoms with E-state index in [9.17, 15) is 8.42 Å². The van der Waals surface area contributed by atoms with Crippen molar-refractivity contribution in [2.45, 2.75) is 51.0 Å². The molecular weight excluding hydrogens is 324 g/mol. The van der Waals surface area contributed by atoms with Crippen molar-refractivity contribution in [2.24, 2.45) is 15.5 Å². The molecule has 7 heteroatoms. The van der Waals surface area contributed by atoms with Gasteiger partial charge in [-0.25, -0.2) is 18.5 Å². The first-order valence-corrected chi connectivity index (χ1v) is 10.1. The smallest absolute Gasteiger partial charge is 0.238 e. The molecule has 0 aromatic heterocycles. The SMILES string of the molecule is CCNC(=NCc1cccc(S(N)(=O)=O)c1)NCC1(CC)CCC1. The number of hydrogen-bond donors (Lipinski definition) is 3. The summed E-state index contributed by atoms with van der Waals surface area (Å²) in [6.45, 7) is 6.37. The fourth-order valence-electron chi connectivity index (χ4n) is 2.94. The molecule has 0 unspecified atom stereocenters. The van der Waals surface area contributed by atoms with Gasteiger partial charge < -0.3 is 10.6 Å². The molecule has 1 saturated carbocycles. The van der Waals surface area contributed by atoms with E-state index in [2.05, 4.69) is 22.5 Å². The summed E-state index contributed by atoms with van der Waals surface area (Å²) in [6, 6.07) is 6.60. The Labute approximate surface area is 145 Å². The standard InChI is InChI=1S/C17H28N4O2S/c1-3-17(9-6-10-17)13-21-16(19-4-2)20-12-14-7-5-8-15(11-14)24(18,22)23/h5,7-8,11H,3-4,6,9-10,12-13H2,1-2H3,(H2,18,22,23)(H2,19,20,21). The van der Waals surface area contributed by atoms with Crippen LogP contribution in [0.25, 0.3) is 0 Å². The van der Waals surface area contributed by atoms with Crippen molar-refractivity contribution in [1.82, 2.24) is 10.6 Å².